The average molecular weight is 374 g/mol. The number of methoxy groups -OCH3 is 2. The third kappa shape index (κ3) is 5.51. The van der Waals surface area contributed by atoms with Gasteiger partial charge >= 0.3 is 0 Å². The molecule has 0 aliphatic heterocycles. The zero-order valence-corrected chi connectivity index (χ0v) is 16.2. The third-order valence-electron chi connectivity index (χ3n) is 4.34. The van der Waals surface area contributed by atoms with E-state index in [0.29, 0.717) is 35.8 Å². The van der Waals surface area contributed by atoms with E-state index in [4.69, 9.17) is 13.9 Å². The van der Waals surface area contributed by atoms with Crippen LogP contribution in [-0.4, -0.2) is 51.1 Å². The highest BCUT2D eigenvalue weighted by Crippen LogP contribution is 2.27. The van der Waals surface area contributed by atoms with Crippen LogP contribution < -0.4 is 14.8 Å². The summed E-state index contributed by atoms with van der Waals surface area (Å²) in [4.78, 5) is 25.9. The Balaban J connectivity index is 1.77. The highest BCUT2D eigenvalue weighted by atomic mass is 16.5. The molecule has 0 saturated heterocycles. The molecule has 1 aromatic carbocycles. The van der Waals surface area contributed by atoms with Crippen molar-refractivity contribution < 1.29 is 23.5 Å². The molecule has 0 fully saturated rings. The maximum absolute atomic E-state index is 12.2. The Hall–Kier alpha value is -2.96. The van der Waals surface area contributed by atoms with Gasteiger partial charge in [0.05, 0.1) is 26.0 Å². The van der Waals surface area contributed by atoms with Gasteiger partial charge < -0.3 is 24.1 Å². The number of carbonyl (C=O) groups is 2. The first-order valence-corrected chi connectivity index (χ1v) is 8.73. The molecule has 27 heavy (non-hydrogen) atoms. The Morgan fingerprint density at radius 2 is 1.89 bits per heavy atom. The zero-order valence-electron chi connectivity index (χ0n) is 16.2. The Labute approximate surface area is 159 Å². The zero-order chi connectivity index (χ0) is 19.8. The lowest BCUT2D eigenvalue weighted by molar-refractivity contribution is -0.129. The lowest BCUT2D eigenvalue weighted by Gasteiger charge is -2.18. The van der Waals surface area contributed by atoms with E-state index in [1.807, 2.05) is 18.2 Å². The van der Waals surface area contributed by atoms with Gasteiger partial charge in [-0.2, -0.15) is 0 Å². The number of carbonyl (C=O) groups excluding carboxylic acids is 2. The minimum absolute atomic E-state index is 0.0281. The molecule has 1 aromatic heterocycles. The summed E-state index contributed by atoms with van der Waals surface area (Å²) in [5.74, 6) is 1.64. The summed E-state index contributed by atoms with van der Waals surface area (Å²) >= 11 is 0. The Bertz CT molecular complexity index is 784. The largest absolute Gasteiger partial charge is 0.493 e. The van der Waals surface area contributed by atoms with Gasteiger partial charge in [-0.05, 0) is 37.1 Å². The molecule has 0 atom stereocenters. The molecular weight excluding hydrogens is 348 g/mol. The number of nitrogens with zero attached hydrogens (tertiary/aromatic N) is 1. The summed E-state index contributed by atoms with van der Waals surface area (Å²) in [6.45, 7) is 2.58. The summed E-state index contributed by atoms with van der Waals surface area (Å²) in [7, 11) is 4.94. The molecule has 0 saturated carbocycles. The molecule has 2 aromatic rings. The highest BCUT2D eigenvalue weighted by Gasteiger charge is 2.13. The predicted octanol–water partition coefficient (Wildman–Crippen LogP) is 2.43. The van der Waals surface area contributed by atoms with Gasteiger partial charge in [0.2, 0.25) is 5.91 Å². The molecule has 0 spiro atoms. The van der Waals surface area contributed by atoms with E-state index in [1.54, 1.807) is 39.2 Å². The lowest BCUT2D eigenvalue weighted by Crippen LogP contribution is -2.33. The summed E-state index contributed by atoms with van der Waals surface area (Å²) in [6.07, 6.45) is 2.41. The summed E-state index contributed by atoms with van der Waals surface area (Å²) < 4.78 is 15.6. The summed E-state index contributed by atoms with van der Waals surface area (Å²) in [6, 6.07) is 7.32. The van der Waals surface area contributed by atoms with Crippen molar-refractivity contribution in [2.24, 2.45) is 0 Å². The topological polar surface area (TPSA) is 81.0 Å². The minimum atomic E-state index is -0.234. The van der Waals surface area contributed by atoms with E-state index in [9.17, 15) is 9.59 Å². The molecule has 2 amide bonds. The number of hydrogen-bond donors (Lipinski definition) is 1. The Morgan fingerprint density at radius 1 is 1.15 bits per heavy atom. The van der Waals surface area contributed by atoms with E-state index >= 15 is 0 Å². The average Bonchev–Trinajstić information content (AvgIpc) is 3.11. The maximum Gasteiger partial charge on any atom is 0.254 e. The first kappa shape index (κ1) is 20.4. The van der Waals surface area contributed by atoms with Crippen LogP contribution in [0, 0.1) is 6.92 Å². The van der Waals surface area contributed by atoms with Crippen LogP contribution in [0.1, 0.15) is 28.1 Å². The summed E-state index contributed by atoms with van der Waals surface area (Å²) in [5, 5.41) is 2.74. The number of likely N-dealkylation sites (N-methyl/N-ethyl adjacent to an activating group) is 1. The van der Waals surface area contributed by atoms with Crippen molar-refractivity contribution in [1.82, 2.24) is 10.2 Å². The quantitative estimate of drug-likeness (QED) is 0.729. The van der Waals surface area contributed by atoms with Crippen LogP contribution in [0.5, 0.6) is 11.5 Å². The van der Waals surface area contributed by atoms with Crippen molar-refractivity contribution in [1.29, 1.82) is 0 Å². The number of ether oxygens (including phenoxy) is 2. The van der Waals surface area contributed by atoms with Crippen molar-refractivity contribution in [3.05, 3.63) is 47.4 Å². The second kappa shape index (κ2) is 9.66. The van der Waals surface area contributed by atoms with Crippen LogP contribution in [0.15, 0.2) is 34.9 Å². The van der Waals surface area contributed by atoms with Gasteiger partial charge in [-0.3, -0.25) is 9.59 Å². The van der Waals surface area contributed by atoms with Gasteiger partial charge in [0.25, 0.3) is 5.91 Å². The standard InChI is InChI=1S/C20H26N2O5/c1-14-16(9-12-27-14)20(24)21-10-7-19(23)22(2)11-8-15-5-6-17(25-3)18(13-15)26-4/h5-6,9,12-13H,7-8,10-11H2,1-4H3,(H,21,24). The first-order chi connectivity index (χ1) is 13.0. The van der Waals surface area contributed by atoms with Crippen LogP contribution >= 0.6 is 0 Å². The van der Waals surface area contributed by atoms with E-state index in [0.717, 1.165) is 5.56 Å². The molecule has 1 heterocycles. The third-order valence-corrected chi connectivity index (χ3v) is 4.34. The van der Waals surface area contributed by atoms with Gasteiger partial charge in [0.15, 0.2) is 11.5 Å². The Kier molecular flexibility index (Phi) is 7.28. The van der Waals surface area contributed by atoms with E-state index < -0.39 is 0 Å². The normalized spacial score (nSPS) is 10.4. The van der Waals surface area contributed by atoms with Crippen molar-refractivity contribution in [2.75, 3.05) is 34.4 Å². The SMILES string of the molecule is COc1ccc(CCN(C)C(=O)CCNC(=O)c2ccoc2C)cc1OC. The number of aryl methyl sites for hydroxylation is 1. The molecule has 0 aliphatic carbocycles. The number of rotatable bonds is 9. The minimum Gasteiger partial charge on any atom is -0.493 e. The molecule has 2 rings (SSSR count). The fraction of sp³-hybridized carbons (Fsp3) is 0.400. The molecule has 0 bridgehead atoms. The van der Waals surface area contributed by atoms with Crippen LogP contribution in [-0.2, 0) is 11.2 Å². The molecular formula is C20H26N2O5. The molecule has 7 heteroatoms. The van der Waals surface area contributed by atoms with Gasteiger partial charge in [-0.1, -0.05) is 6.07 Å². The second-order valence-corrected chi connectivity index (χ2v) is 6.15. The van der Waals surface area contributed by atoms with Gasteiger partial charge in [-0.15, -0.1) is 0 Å². The molecule has 7 nitrogen and oxygen atoms in total. The number of hydrogen-bond acceptors (Lipinski definition) is 5. The van der Waals surface area contributed by atoms with Crippen LogP contribution in [0.25, 0.3) is 0 Å². The van der Waals surface area contributed by atoms with E-state index in [-0.39, 0.29) is 24.8 Å². The van der Waals surface area contributed by atoms with Crippen LogP contribution in [0.3, 0.4) is 0 Å². The van der Waals surface area contributed by atoms with Crippen LogP contribution in [0.4, 0.5) is 0 Å². The van der Waals surface area contributed by atoms with Gasteiger partial charge in [0.1, 0.15) is 5.76 Å². The number of nitrogens with one attached hydrogen (secondary N) is 1. The predicted molar refractivity (Wildman–Crippen MR) is 101 cm³/mol. The van der Waals surface area contributed by atoms with Crippen molar-refractivity contribution >= 4 is 11.8 Å². The smallest absolute Gasteiger partial charge is 0.254 e. The van der Waals surface area contributed by atoms with Gasteiger partial charge in [-0.25, -0.2) is 0 Å². The molecule has 0 unspecified atom stereocenters. The van der Waals surface area contributed by atoms with Crippen molar-refractivity contribution in [3.63, 3.8) is 0 Å². The molecule has 0 aliphatic rings. The monoisotopic (exact) mass is 374 g/mol. The molecule has 0 radical (unpaired) electrons. The maximum atomic E-state index is 12.2. The Morgan fingerprint density at radius 3 is 2.52 bits per heavy atom. The lowest BCUT2D eigenvalue weighted by atomic mass is 10.1. The molecule has 1 N–H and O–H groups in total. The van der Waals surface area contributed by atoms with E-state index in [1.165, 1.54) is 6.26 Å². The van der Waals surface area contributed by atoms with Crippen molar-refractivity contribution in [2.45, 2.75) is 19.8 Å². The number of benzene rings is 1. The fourth-order valence-corrected chi connectivity index (χ4v) is 2.65. The highest BCUT2D eigenvalue weighted by molar-refractivity contribution is 5.95. The van der Waals surface area contributed by atoms with Crippen molar-refractivity contribution in [3.8, 4) is 11.5 Å². The van der Waals surface area contributed by atoms with Crippen LogP contribution in [0.2, 0.25) is 0 Å². The number of amides is 2. The van der Waals surface area contributed by atoms with E-state index in [2.05, 4.69) is 5.32 Å². The fourth-order valence-electron chi connectivity index (χ4n) is 2.65. The summed E-state index contributed by atoms with van der Waals surface area (Å²) in [5.41, 5.74) is 1.54. The van der Waals surface area contributed by atoms with Gasteiger partial charge in [0, 0.05) is 26.6 Å². The second-order valence-electron chi connectivity index (χ2n) is 6.15. The molecule has 146 valence electrons. The first-order valence-electron chi connectivity index (χ1n) is 8.73. The number of furan rings is 1.